The van der Waals surface area contributed by atoms with Gasteiger partial charge in [0.15, 0.2) is 0 Å². The molecule has 0 amide bonds. The molecular formula is C23H24F6N4. The summed E-state index contributed by atoms with van der Waals surface area (Å²) < 4.78 is 80.9. The molecule has 10 heteroatoms. The summed E-state index contributed by atoms with van der Waals surface area (Å²) in [6, 6.07) is 4.91. The third kappa shape index (κ3) is 6.06. The van der Waals surface area contributed by atoms with Crippen LogP contribution in [0.25, 0.3) is 5.57 Å². The maximum atomic E-state index is 13.4. The molecule has 178 valence electrons. The second kappa shape index (κ2) is 9.84. The van der Waals surface area contributed by atoms with Crippen molar-refractivity contribution in [1.82, 2.24) is 14.8 Å². The van der Waals surface area contributed by atoms with E-state index in [0.717, 1.165) is 18.2 Å². The van der Waals surface area contributed by atoms with Gasteiger partial charge in [-0.2, -0.15) is 31.4 Å². The fourth-order valence-corrected chi connectivity index (χ4v) is 3.65. The minimum Gasteiger partial charge on any atom is -0.362 e. The van der Waals surface area contributed by atoms with Gasteiger partial charge in [0, 0.05) is 12.1 Å². The summed E-state index contributed by atoms with van der Waals surface area (Å²) in [5.74, 6) is 0.0699. The predicted octanol–water partition coefficient (Wildman–Crippen LogP) is 7.10. The largest absolute Gasteiger partial charge is 0.433 e. The zero-order valence-electron chi connectivity index (χ0n) is 18.1. The van der Waals surface area contributed by atoms with E-state index in [2.05, 4.69) is 15.4 Å². The van der Waals surface area contributed by atoms with Crippen LogP contribution in [0.4, 0.5) is 32.2 Å². The highest BCUT2D eigenvalue weighted by atomic mass is 19.4. The van der Waals surface area contributed by atoms with Gasteiger partial charge < -0.3 is 5.32 Å². The number of fused-ring (bicyclic) bond motifs is 1. The number of allylic oxidation sites excluding steroid dienone is 6. The zero-order chi connectivity index (χ0) is 24.2. The van der Waals surface area contributed by atoms with Crippen LogP contribution in [0.15, 0.2) is 54.1 Å². The van der Waals surface area contributed by atoms with Crippen LogP contribution >= 0.6 is 0 Å². The molecule has 4 nitrogen and oxygen atoms in total. The summed E-state index contributed by atoms with van der Waals surface area (Å²) in [4.78, 5) is 3.65. The number of aryl methyl sites for hydroxylation is 1. The first-order chi connectivity index (χ1) is 15.5. The quantitative estimate of drug-likeness (QED) is 0.362. The Hall–Kier alpha value is -3.04. The molecule has 0 spiro atoms. The molecule has 0 radical (unpaired) electrons. The first kappa shape index (κ1) is 24.6. The van der Waals surface area contributed by atoms with Crippen LogP contribution in [0.5, 0.6) is 0 Å². The second-order valence-corrected chi connectivity index (χ2v) is 7.59. The molecule has 2 aromatic heterocycles. The molecule has 3 rings (SSSR count). The van der Waals surface area contributed by atoms with Crippen molar-refractivity contribution in [3.63, 3.8) is 0 Å². The SMILES string of the molecule is C\C=C/C(=C\C(=C\CC)C(F)(F)F)c1cc2n(n1)CCCC2Nc1cccc(C(F)(F)F)n1. The molecule has 1 atom stereocenters. The van der Waals surface area contributed by atoms with Crippen molar-refractivity contribution in [3.8, 4) is 0 Å². The molecule has 33 heavy (non-hydrogen) atoms. The fraction of sp³-hybridized carbons (Fsp3) is 0.391. The van der Waals surface area contributed by atoms with Gasteiger partial charge >= 0.3 is 12.4 Å². The predicted molar refractivity (Wildman–Crippen MR) is 114 cm³/mol. The number of nitrogens with one attached hydrogen (secondary N) is 1. The minimum absolute atomic E-state index is 0.0699. The van der Waals surface area contributed by atoms with Gasteiger partial charge in [-0.25, -0.2) is 4.98 Å². The number of pyridine rings is 1. The number of aromatic nitrogens is 3. The number of hydrogen-bond acceptors (Lipinski definition) is 3. The summed E-state index contributed by atoms with van der Waals surface area (Å²) in [5.41, 5.74) is -0.420. The van der Waals surface area contributed by atoms with E-state index in [-0.39, 0.29) is 18.3 Å². The number of alkyl halides is 6. The molecule has 1 unspecified atom stereocenters. The normalized spacial score (nSPS) is 18.0. The molecular weight excluding hydrogens is 446 g/mol. The van der Waals surface area contributed by atoms with Crippen LogP contribution in [0.2, 0.25) is 0 Å². The second-order valence-electron chi connectivity index (χ2n) is 7.59. The molecule has 1 N–H and O–H groups in total. The van der Waals surface area contributed by atoms with E-state index in [1.54, 1.807) is 36.7 Å². The molecule has 1 aliphatic rings. The maximum absolute atomic E-state index is 13.4. The van der Waals surface area contributed by atoms with Crippen LogP contribution in [-0.2, 0) is 12.7 Å². The molecule has 0 aliphatic carbocycles. The van der Waals surface area contributed by atoms with E-state index >= 15 is 0 Å². The molecule has 0 saturated carbocycles. The van der Waals surface area contributed by atoms with Crippen molar-refractivity contribution in [1.29, 1.82) is 0 Å². The van der Waals surface area contributed by atoms with Gasteiger partial charge in [0.25, 0.3) is 0 Å². The number of hydrogen-bond donors (Lipinski definition) is 1. The van der Waals surface area contributed by atoms with Crippen molar-refractivity contribution in [2.45, 2.75) is 58.0 Å². The topological polar surface area (TPSA) is 42.7 Å². The van der Waals surface area contributed by atoms with E-state index in [1.807, 2.05) is 0 Å². The van der Waals surface area contributed by atoms with E-state index < -0.39 is 23.6 Å². The Balaban J connectivity index is 1.95. The molecule has 0 aromatic carbocycles. The van der Waals surface area contributed by atoms with Gasteiger partial charge in [-0.1, -0.05) is 31.2 Å². The number of halogens is 6. The summed E-state index contributed by atoms with van der Waals surface area (Å²) in [5, 5.41) is 7.49. The van der Waals surface area contributed by atoms with Crippen molar-refractivity contribution in [2.75, 3.05) is 5.32 Å². The molecule has 0 saturated heterocycles. The lowest BCUT2D eigenvalue weighted by Gasteiger charge is -2.25. The van der Waals surface area contributed by atoms with E-state index in [9.17, 15) is 26.3 Å². The summed E-state index contributed by atoms with van der Waals surface area (Å²) in [6.07, 6.45) is -2.14. The Morgan fingerprint density at radius 3 is 2.61 bits per heavy atom. The minimum atomic E-state index is -4.56. The molecule has 2 aromatic rings. The monoisotopic (exact) mass is 470 g/mol. The first-order valence-corrected chi connectivity index (χ1v) is 10.5. The maximum Gasteiger partial charge on any atom is 0.433 e. The lowest BCUT2D eigenvalue weighted by Crippen LogP contribution is -2.22. The standard InChI is InChI=1S/C23H24F6N4/c1-3-7-15(13-16(8-4-2)22(24,25)26)18-14-19-17(9-6-12-33(19)32-18)30-21-11-5-10-20(31-21)23(27,28)29/h3,5,7-8,10-11,13-14,17H,4,6,9,12H2,1-2H3,(H,30,31)/b7-3-,15-13+,16-8-. The number of nitrogens with zero attached hydrogens (tertiary/aromatic N) is 3. The van der Waals surface area contributed by atoms with Gasteiger partial charge in [-0.3, -0.25) is 4.68 Å². The Labute approximate surface area is 187 Å². The van der Waals surface area contributed by atoms with E-state index in [4.69, 9.17) is 0 Å². The van der Waals surface area contributed by atoms with Crippen LogP contribution in [-0.4, -0.2) is 20.9 Å². The third-order valence-electron chi connectivity index (χ3n) is 5.10. The van der Waals surface area contributed by atoms with Gasteiger partial charge in [-0.05, 0) is 50.5 Å². The molecule has 3 heterocycles. The Bertz CT molecular complexity index is 1060. The highest BCUT2D eigenvalue weighted by Crippen LogP contribution is 2.34. The van der Waals surface area contributed by atoms with Crippen LogP contribution in [0, 0.1) is 0 Å². The average molecular weight is 470 g/mol. The average Bonchev–Trinajstić information content (AvgIpc) is 3.17. The van der Waals surface area contributed by atoms with Gasteiger partial charge in [0.2, 0.25) is 0 Å². The van der Waals surface area contributed by atoms with Crippen molar-refractivity contribution >= 4 is 11.4 Å². The molecule has 1 aliphatic heterocycles. The van der Waals surface area contributed by atoms with Crippen molar-refractivity contribution in [3.05, 3.63) is 71.2 Å². The van der Waals surface area contributed by atoms with Gasteiger partial charge in [0.05, 0.1) is 23.0 Å². The number of anilines is 1. The first-order valence-electron chi connectivity index (χ1n) is 10.5. The Morgan fingerprint density at radius 2 is 1.97 bits per heavy atom. The van der Waals surface area contributed by atoms with Crippen molar-refractivity contribution < 1.29 is 26.3 Å². The van der Waals surface area contributed by atoms with E-state index in [1.165, 1.54) is 12.1 Å². The Morgan fingerprint density at radius 1 is 1.21 bits per heavy atom. The third-order valence-corrected chi connectivity index (χ3v) is 5.10. The highest BCUT2D eigenvalue weighted by Gasteiger charge is 2.34. The molecule has 0 bridgehead atoms. The highest BCUT2D eigenvalue weighted by molar-refractivity contribution is 5.74. The zero-order valence-corrected chi connectivity index (χ0v) is 18.1. The van der Waals surface area contributed by atoms with Gasteiger partial charge in [0.1, 0.15) is 11.5 Å². The summed E-state index contributed by atoms with van der Waals surface area (Å²) in [7, 11) is 0. The Kier molecular flexibility index (Phi) is 7.34. The lowest BCUT2D eigenvalue weighted by atomic mass is 10.0. The summed E-state index contributed by atoms with van der Waals surface area (Å²) >= 11 is 0. The van der Waals surface area contributed by atoms with E-state index in [0.29, 0.717) is 36.3 Å². The van der Waals surface area contributed by atoms with Crippen molar-refractivity contribution in [2.24, 2.45) is 0 Å². The van der Waals surface area contributed by atoms with Crippen LogP contribution in [0.3, 0.4) is 0 Å². The van der Waals surface area contributed by atoms with Crippen LogP contribution < -0.4 is 5.32 Å². The fourth-order valence-electron chi connectivity index (χ4n) is 3.65. The summed E-state index contributed by atoms with van der Waals surface area (Å²) in [6.45, 7) is 3.89. The number of rotatable bonds is 6. The smallest absolute Gasteiger partial charge is 0.362 e. The molecule has 0 fully saturated rings. The lowest BCUT2D eigenvalue weighted by molar-refractivity contribution is -0.141. The van der Waals surface area contributed by atoms with Crippen LogP contribution in [0.1, 0.15) is 56.2 Å². The van der Waals surface area contributed by atoms with Gasteiger partial charge in [-0.15, -0.1) is 0 Å².